The minimum Gasteiger partial charge on any atom is -0.481 e. The summed E-state index contributed by atoms with van der Waals surface area (Å²) in [6.07, 6.45) is -0.648. The van der Waals surface area contributed by atoms with Gasteiger partial charge in [0.15, 0.2) is 6.10 Å². The first-order valence-electron chi connectivity index (χ1n) is 6.33. The van der Waals surface area contributed by atoms with Gasteiger partial charge < -0.3 is 14.7 Å². The molecule has 0 spiro atoms. The maximum absolute atomic E-state index is 12.1. The molecule has 1 unspecified atom stereocenters. The van der Waals surface area contributed by atoms with Crippen LogP contribution in [0.5, 0.6) is 5.75 Å². The summed E-state index contributed by atoms with van der Waals surface area (Å²) in [4.78, 5) is 24.3. The standard InChI is InChI=1S/C14H16ClNO4/c1-8-5-11(15)3-4-12(8)20-9(2)13(17)16-6-10(7-16)14(18)19/h3-5,9-10H,6-7H2,1-2H3,(H,18,19). The number of carbonyl (C=O) groups is 2. The van der Waals surface area contributed by atoms with Crippen LogP contribution in [0.1, 0.15) is 12.5 Å². The first-order valence-corrected chi connectivity index (χ1v) is 6.70. The smallest absolute Gasteiger partial charge is 0.310 e. The van der Waals surface area contributed by atoms with Crippen LogP contribution in [0.4, 0.5) is 0 Å². The highest BCUT2D eigenvalue weighted by Gasteiger charge is 2.37. The molecule has 2 rings (SSSR count). The second-order valence-corrected chi connectivity index (χ2v) is 5.38. The molecule has 1 aromatic rings. The van der Waals surface area contributed by atoms with Crippen LogP contribution in [-0.4, -0.2) is 41.1 Å². The number of carboxylic acid groups (broad SMARTS) is 1. The first kappa shape index (κ1) is 14.7. The van der Waals surface area contributed by atoms with E-state index < -0.39 is 18.0 Å². The van der Waals surface area contributed by atoms with Gasteiger partial charge in [-0.3, -0.25) is 9.59 Å². The number of aryl methyl sites for hydroxylation is 1. The molecule has 5 nitrogen and oxygen atoms in total. The van der Waals surface area contributed by atoms with Crippen LogP contribution in [0.3, 0.4) is 0 Å². The second kappa shape index (κ2) is 5.71. The van der Waals surface area contributed by atoms with Crippen molar-refractivity contribution in [2.45, 2.75) is 20.0 Å². The van der Waals surface area contributed by atoms with E-state index in [-0.39, 0.29) is 19.0 Å². The zero-order valence-corrected chi connectivity index (χ0v) is 12.1. The summed E-state index contributed by atoms with van der Waals surface area (Å²) in [6, 6.07) is 5.18. The fourth-order valence-electron chi connectivity index (χ4n) is 2.06. The first-order chi connectivity index (χ1) is 9.38. The molecule has 1 saturated heterocycles. The Kier molecular flexibility index (Phi) is 4.18. The van der Waals surface area contributed by atoms with Gasteiger partial charge in [0.25, 0.3) is 5.91 Å². The summed E-state index contributed by atoms with van der Waals surface area (Å²) < 4.78 is 5.62. The lowest BCUT2D eigenvalue weighted by molar-refractivity contribution is -0.155. The van der Waals surface area contributed by atoms with E-state index in [4.69, 9.17) is 21.4 Å². The number of hydrogen-bond acceptors (Lipinski definition) is 3. The van der Waals surface area contributed by atoms with Crippen molar-refractivity contribution in [1.82, 2.24) is 4.90 Å². The Balaban J connectivity index is 1.93. The average molecular weight is 298 g/mol. The summed E-state index contributed by atoms with van der Waals surface area (Å²) in [7, 11) is 0. The molecule has 1 aliphatic rings. The van der Waals surface area contributed by atoms with Crippen LogP contribution < -0.4 is 4.74 Å². The minimum absolute atomic E-state index is 0.197. The maximum Gasteiger partial charge on any atom is 0.310 e. The molecule has 0 bridgehead atoms. The highest BCUT2D eigenvalue weighted by molar-refractivity contribution is 6.30. The lowest BCUT2D eigenvalue weighted by Gasteiger charge is -2.38. The predicted octanol–water partition coefficient (Wildman–Crippen LogP) is 1.96. The van der Waals surface area contributed by atoms with Gasteiger partial charge in [0.1, 0.15) is 5.75 Å². The molecule has 0 aliphatic carbocycles. The number of likely N-dealkylation sites (tertiary alicyclic amines) is 1. The normalized spacial score (nSPS) is 16.4. The largest absolute Gasteiger partial charge is 0.481 e. The number of rotatable bonds is 4. The van der Waals surface area contributed by atoms with Gasteiger partial charge in [-0.05, 0) is 37.6 Å². The molecule has 108 valence electrons. The van der Waals surface area contributed by atoms with E-state index in [0.717, 1.165) is 5.56 Å². The second-order valence-electron chi connectivity index (χ2n) is 4.95. The van der Waals surface area contributed by atoms with E-state index in [1.54, 1.807) is 25.1 Å². The number of aliphatic carboxylic acids is 1. The van der Waals surface area contributed by atoms with Crippen molar-refractivity contribution in [2.24, 2.45) is 5.92 Å². The third-order valence-electron chi connectivity index (χ3n) is 3.33. The van der Waals surface area contributed by atoms with Gasteiger partial charge in [0, 0.05) is 18.1 Å². The maximum atomic E-state index is 12.1. The van der Waals surface area contributed by atoms with E-state index >= 15 is 0 Å². The highest BCUT2D eigenvalue weighted by Crippen LogP contribution is 2.24. The fraction of sp³-hybridized carbons (Fsp3) is 0.429. The van der Waals surface area contributed by atoms with Crippen LogP contribution in [0, 0.1) is 12.8 Å². The summed E-state index contributed by atoms with van der Waals surface area (Å²) in [6.45, 7) is 4.01. The third kappa shape index (κ3) is 3.04. The molecule has 6 heteroatoms. The van der Waals surface area contributed by atoms with Gasteiger partial charge in [0.2, 0.25) is 0 Å². The van der Waals surface area contributed by atoms with E-state index in [0.29, 0.717) is 10.8 Å². The number of carboxylic acids is 1. The van der Waals surface area contributed by atoms with Crippen molar-refractivity contribution in [3.05, 3.63) is 28.8 Å². The molecular weight excluding hydrogens is 282 g/mol. The van der Waals surface area contributed by atoms with Gasteiger partial charge in [-0.2, -0.15) is 0 Å². The number of benzene rings is 1. The Morgan fingerprint density at radius 1 is 1.45 bits per heavy atom. The number of hydrogen-bond donors (Lipinski definition) is 1. The number of halogens is 1. The summed E-state index contributed by atoms with van der Waals surface area (Å²) in [5.74, 6) is -0.915. The Morgan fingerprint density at radius 3 is 2.65 bits per heavy atom. The molecule has 1 fully saturated rings. The third-order valence-corrected chi connectivity index (χ3v) is 3.57. The summed E-state index contributed by atoms with van der Waals surface area (Å²) in [5, 5.41) is 9.40. The monoisotopic (exact) mass is 297 g/mol. The lowest BCUT2D eigenvalue weighted by Crippen LogP contribution is -2.56. The van der Waals surface area contributed by atoms with E-state index in [9.17, 15) is 9.59 Å². The van der Waals surface area contributed by atoms with Crippen molar-refractivity contribution < 1.29 is 19.4 Å². The lowest BCUT2D eigenvalue weighted by atomic mass is 10.00. The van der Waals surface area contributed by atoms with Crippen LogP contribution in [0.2, 0.25) is 5.02 Å². The van der Waals surface area contributed by atoms with Crippen molar-refractivity contribution in [2.75, 3.05) is 13.1 Å². The van der Waals surface area contributed by atoms with Crippen molar-refractivity contribution >= 4 is 23.5 Å². The summed E-state index contributed by atoms with van der Waals surface area (Å²) in [5.41, 5.74) is 0.851. The zero-order valence-electron chi connectivity index (χ0n) is 11.3. The molecule has 20 heavy (non-hydrogen) atoms. The number of amides is 1. The average Bonchev–Trinajstić information content (AvgIpc) is 2.30. The molecule has 0 radical (unpaired) electrons. The fourth-order valence-corrected chi connectivity index (χ4v) is 2.28. The van der Waals surface area contributed by atoms with E-state index in [1.807, 2.05) is 6.92 Å². The van der Waals surface area contributed by atoms with E-state index in [2.05, 4.69) is 0 Å². The molecule has 0 saturated carbocycles. The molecule has 0 aromatic heterocycles. The topological polar surface area (TPSA) is 66.8 Å². The van der Waals surface area contributed by atoms with E-state index in [1.165, 1.54) is 4.90 Å². The van der Waals surface area contributed by atoms with Gasteiger partial charge >= 0.3 is 5.97 Å². The molecule has 1 aliphatic heterocycles. The number of carbonyl (C=O) groups excluding carboxylic acids is 1. The van der Waals surface area contributed by atoms with Crippen molar-refractivity contribution in [1.29, 1.82) is 0 Å². The van der Waals surface area contributed by atoms with Crippen LogP contribution in [0.15, 0.2) is 18.2 Å². The van der Waals surface area contributed by atoms with Crippen molar-refractivity contribution in [3.8, 4) is 5.75 Å². The van der Waals surface area contributed by atoms with Crippen LogP contribution in [-0.2, 0) is 9.59 Å². The predicted molar refractivity (Wildman–Crippen MR) is 74.0 cm³/mol. The minimum atomic E-state index is -0.865. The summed E-state index contributed by atoms with van der Waals surface area (Å²) >= 11 is 5.86. The molecule has 1 aromatic carbocycles. The number of ether oxygens (including phenoxy) is 1. The molecule has 1 heterocycles. The van der Waals surface area contributed by atoms with Gasteiger partial charge in [-0.15, -0.1) is 0 Å². The quantitative estimate of drug-likeness (QED) is 0.922. The zero-order chi connectivity index (χ0) is 14.9. The van der Waals surface area contributed by atoms with Crippen LogP contribution >= 0.6 is 11.6 Å². The highest BCUT2D eigenvalue weighted by atomic mass is 35.5. The van der Waals surface area contributed by atoms with Gasteiger partial charge in [0.05, 0.1) is 5.92 Å². The molecule has 1 atom stereocenters. The van der Waals surface area contributed by atoms with Gasteiger partial charge in [-0.25, -0.2) is 0 Å². The van der Waals surface area contributed by atoms with Crippen molar-refractivity contribution in [3.63, 3.8) is 0 Å². The Morgan fingerprint density at radius 2 is 2.10 bits per heavy atom. The SMILES string of the molecule is Cc1cc(Cl)ccc1OC(C)C(=O)N1CC(C(=O)O)C1. The van der Waals surface area contributed by atoms with Crippen LogP contribution in [0.25, 0.3) is 0 Å². The molecular formula is C14H16ClNO4. The van der Waals surface area contributed by atoms with Gasteiger partial charge in [-0.1, -0.05) is 11.6 Å². The number of nitrogens with zero attached hydrogens (tertiary/aromatic N) is 1. The molecule has 1 N–H and O–H groups in total. The Hall–Kier alpha value is -1.75. The molecule has 1 amide bonds. The Labute approximate surface area is 122 Å². The Bertz CT molecular complexity index is 540.